The number of amides is 1. The maximum Gasteiger partial charge on any atom is 0.247 e. The van der Waals surface area contributed by atoms with Crippen molar-refractivity contribution >= 4 is 11.6 Å². The van der Waals surface area contributed by atoms with Crippen molar-refractivity contribution in [1.29, 1.82) is 0 Å². The van der Waals surface area contributed by atoms with Gasteiger partial charge in [-0.25, -0.2) is 0 Å². The second kappa shape index (κ2) is 6.97. The fraction of sp³-hybridized carbons (Fsp3) is 0.389. The number of benzene rings is 1. The number of nitrogens with zero attached hydrogens (tertiary/aromatic N) is 1. The molecule has 0 saturated carbocycles. The van der Waals surface area contributed by atoms with Gasteiger partial charge in [0.1, 0.15) is 6.04 Å². The lowest BCUT2D eigenvalue weighted by atomic mass is 9.89. The lowest BCUT2D eigenvalue weighted by molar-refractivity contribution is -0.119. The summed E-state index contributed by atoms with van der Waals surface area (Å²) in [6.45, 7) is 3.60. The molecular formula is C18H23N3O3. The van der Waals surface area contributed by atoms with Gasteiger partial charge in [0, 0.05) is 17.8 Å². The molecule has 0 aliphatic carbocycles. The molecule has 6 nitrogen and oxygen atoms in total. The Kier molecular flexibility index (Phi) is 4.76. The molecule has 1 aliphatic rings. The van der Waals surface area contributed by atoms with Crippen molar-refractivity contribution in [2.24, 2.45) is 0 Å². The number of aromatic nitrogens is 1. The van der Waals surface area contributed by atoms with E-state index in [9.17, 15) is 15.0 Å². The van der Waals surface area contributed by atoms with Crippen LogP contribution in [0, 0.1) is 0 Å². The van der Waals surface area contributed by atoms with Crippen molar-refractivity contribution in [3.8, 4) is 11.8 Å². The van der Waals surface area contributed by atoms with Crippen molar-refractivity contribution in [3.63, 3.8) is 0 Å². The number of rotatable bonds is 4. The van der Waals surface area contributed by atoms with Gasteiger partial charge in [0.25, 0.3) is 0 Å². The summed E-state index contributed by atoms with van der Waals surface area (Å²) < 4.78 is 1.20. The summed E-state index contributed by atoms with van der Waals surface area (Å²) in [6, 6.07) is 9.85. The Balaban J connectivity index is 1.79. The topological polar surface area (TPSA) is 86.5 Å². The van der Waals surface area contributed by atoms with Gasteiger partial charge in [-0.1, -0.05) is 18.2 Å². The van der Waals surface area contributed by atoms with Gasteiger partial charge in [-0.2, -0.15) is 0 Å². The number of piperidine rings is 1. The van der Waals surface area contributed by atoms with Gasteiger partial charge in [-0.3, -0.25) is 9.36 Å². The second-order valence-electron chi connectivity index (χ2n) is 6.20. The molecule has 6 heteroatoms. The number of carbonyl (C=O) groups excluding carboxylic acids is 1. The monoisotopic (exact) mass is 329 g/mol. The molecule has 24 heavy (non-hydrogen) atoms. The molecule has 1 aromatic carbocycles. The highest BCUT2D eigenvalue weighted by Gasteiger charge is 2.23. The minimum absolute atomic E-state index is 0.137. The summed E-state index contributed by atoms with van der Waals surface area (Å²) in [6.07, 6.45) is 2.09. The van der Waals surface area contributed by atoms with E-state index in [1.807, 2.05) is 18.2 Å². The Labute approximate surface area is 141 Å². The summed E-state index contributed by atoms with van der Waals surface area (Å²) in [5.74, 6) is -0.131. The Hall–Kier alpha value is -2.47. The molecule has 1 saturated heterocycles. The summed E-state index contributed by atoms with van der Waals surface area (Å²) in [5, 5.41) is 25.9. The van der Waals surface area contributed by atoms with Crippen LogP contribution in [0.4, 0.5) is 5.69 Å². The lowest BCUT2D eigenvalue weighted by Gasteiger charge is -2.25. The number of anilines is 1. The molecule has 128 valence electrons. The van der Waals surface area contributed by atoms with Crippen LogP contribution in [0.25, 0.3) is 0 Å². The van der Waals surface area contributed by atoms with Crippen LogP contribution >= 0.6 is 0 Å². The summed E-state index contributed by atoms with van der Waals surface area (Å²) >= 11 is 0. The first kappa shape index (κ1) is 16.4. The van der Waals surface area contributed by atoms with Crippen molar-refractivity contribution in [3.05, 3.63) is 42.0 Å². The molecule has 1 aliphatic heterocycles. The highest BCUT2D eigenvalue weighted by atomic mass is 16.3. The first-order valence-corrected chi connectivity index (χ1v) is 8.27. The maximum atomic E-state index is 12.6. The third-order valence-electron chi connectivity index (χ3n) is 4.64. The average molecular weight is 329 g/mol. The van der Waals surface area contributed by atoms with Crippen molar-refractivity contribution in [1.82, 2.24) is 9.88 Å². The predicted octanol–water partition coefficient (Wildman–Crippen LogP) is 2.57. The fourth-order valence-electron chi connectivity index (χ4n) is 3.28. The van der Waals surface area contributed by atoms with Gasteiger partial charge in [0.2, 0.25) is 5.91 Å². The van der Waals surface area contributed by atoms with Crippen LogP contribution in [0.2, 0.25) is 0 Å². The normalized spacial score (nSPS) is 16.7. The van der Waals surface area contributed by atoms with E-state index < -0.39 is 6.04 Å². The Bertz CT molecular complexity index is 701. The van der Waals surface area contributed by atoms with Crippen molar-refractivity contribution in [2.75, 3.05) is 18.4 Å². The quantitative estimate of drug-likeness (QED) is 0.694. The molecule has 1 aromatic heterocycles. The van der Waals surface area contributed by atoms with Gasteiger partial charge < -0.3 is 20.8 Å². The van der Waals surface area contributed by atoms with Gasteiger partial charge >= 0.3 is 0 Å². The van der Waals surface area contributed by atoms with Crippen LogP contribution in [-0.4, -0.2) is 33.8 Å². The number of aromatic hydroxyl groups is 2. The van der Waals surface area contributed by atoms with Crippen LogP contribution < -0.4 is 10.6 Å². The largest absolute Gasteiger partial charge is 0.494 e. The molecule has 2 heterocycles. The Morgan fingerprint density at radius 2 is 1.79 bits per heavy atom. The maximum absolute atomic E-state index is 12.6. The summed E-state index contributed by atoms with van der Waals surface area (Å²) in [4.78, 5) is 12.6. The number of nitrogens with one attached hydrogen (secondary N) is 2. The Morgan fingerprint density at radius 3 is 2.46 bits per heavy atom. The van der Waals surface area contributed by atoms with Crippen LogP contribution in [0.1, 0.15) is 37.3 Å². The van der Waals surface area contributed by atoms with E-state index in [2.05, 4.69) is 16.7 Å². The van der Waals surface area contributed by atoms with Gasteiger partial charge in [0.05, 0.1) is 0 Å². The first-order valence-electron chi connectivity index (χ1n) is 8.27. The minimum Gasteiger partial charge on any atom is -0.494 e. The molecule has 1 amide bonds. The van der Waals surface area contributed by atoms with Crippen LogP contribution in [0.5, 0.6) is 11.8 Å². The highest BCUT2D eigenvalue weighted by molar-refractivity contribution is 5.94. The van der Waals surface area contributed by atoms with E-state index >= 15 is 0 Å². The fourth-order valence-corrected chi connectivity index (χ4v) is 3.28. The first-order chi connectivity index (χ1) is 11.6. The highest BCUT2D eigenvalue weighted by Crippen LogP contribution is 2.32. The zero-order valence-electron chi connectivity index (χ0n) is 13.7. The van der Waals surface area contributed by atoms with Crippen LogP contribution in [-0.2, 0) is 4.79 Å². The summed E-state index contributed by atoms with van der Waals surface area (Å²) in [7, 11) is 0. The molecular weight excluding hydrogens is 306 g/mol. The average Bonchev–Trinajstić information content (AvgIpc) is 2.94. The van der Waals surface area contributed by atoms with Gasteiger partial charge in [-0.05, 0) is 50.4 Å². The molecule has 0 bridgehead atoms. The van der Waals surface area contributed by atoms with E-state index in [1.54, 1.807) is 6.92 Å². The summed E-state index contributed by atoms with van der Waals surface area (Å²) in [5.41, 5.74) is 1.94. The van der Waals surface area contributed by atoms with E-state index in [0.29, 0.717) is 5.92 Å². The standard InChI is InChI=1S/C18H23N3O3/c1-12(21-16(22)6-7-17(21)23)18(24)20-15-5-3-2-4-14(15)13-8-10-19-11-9-13/h2-7,12-13,19,22-23H,8-11H2,1H3,(H,20,24). The third-order valence-corrected chi connectivity index (χ3v) is 4.64. The van der Waals surface area contributed by atoms with E-state index in [-0.39, 0.29) is 17.7 Å². The molecule has 2 aromatic rings. The third kappa shape index (κ3) is 3.23. The van der Waals surface area contributed by atoms with E-state index in [0.717, 1.165) is 37.2 Å². The number of hydrogen-bond acceptors (Lipinski definition) is 4. The molecule has 4 N–H and O–H groups in total. The lowest BCUT2D eigenvalue weighted by Crippen LogP contribution is -2.28. The van der Waals surface area contributed by atoms with E-state index in [1.165, 1.54) is 16.7 Å². The van der Waals surface area contributed by atoms with Crippen LogP contribution in [0.3, 0.4) is 0 Å². The van der Waals surface area contributed by atoms with E-state index in [4.69, 9.17) is 0 Å². The molecule has 3 rings (SSSR count). The predicted molar refractivity (Wildman–Crippen MR) is 92.4 cm³/mol. The number of hydrogen-bond donors (Lipinski definition) is 4. The van der Waals surface area contributed by atoms with Gasteiger partial charge in [0.15, 0.2) is 11.8 Å². The van der Waals surface area contributed by atoms with Gasteiger partial charge in [-0.15, -0.1) is 0 Å². The second-order valence-corrected chi connectivity index (χ2v) is 6.20. The zero-order valence-corrected chi connectivity index (χ0v) is 13.7. The molecule has 0 spiro atoms. The Morgan fingerprint density at radius 1 is 1.17 bits per heavy atom. The molecule has 0 radical (unpaired) electrons. The molecule has 1 unspecified atom stereocenters. The van der Waals surface area contributed by atoms with Crippen molar-refractivity contribution in [2.45, 2.75) is 31.7 Å². The molecule has 1 fully saturated rings. The minimum atomic E-state index is -0.721. The SMILES string of the molecule is CC(C(=O)Nc1ccccc1C1CCNCC1)n1c(O)ccc1O. The smallest absolute Gasteiger partial charge is 0.247 e. The van der Waals surface area contributed by atoms with Crippen molar-refractivity contribution < 1.29 is 15.0 Å². The number of carbonyl (C=O) groups is 1. The molecule has 1 atom stereocenters. The van der Waals surface area contributed by atoms with Crippen LogP contribution in [0.15, 0.2) is 36.4 Å². The number of para-hydroxylation sites is 1. The zero-order chi connectivity index (χ0) is 17.1.